The Hall–Kier alpha value is -1.44. The van der Waals surface area contributed by atoms with Crippen LogP contribution in [0.2, 0.25) is 0 Å². The number of hydrogen-bond donors (Lipinski definition) is 0. The number of piperidine rings is 1. The second-order valence-electron chi connectivity index (χ2n) is 4.30. The van der Waals surface area contributed by atoms with Gasteiger partial charge < -0.3 is 9.64 Å². The van der Waals surface area contributed by atoms with Crippen LogP contribution in [0.3, 0.4) is 0 Å². The minimum atomic E-state index is 0.892. The summed E-state index contributed by atoms with van der Waals surface area (Å²) in [6.45, 7) is 6.21. The summed E-state index contributed by atoms with van der Waals surface area (Å²) in [5.41, 5.74) is 1.13. The lowest BCUT2D eigenvalue weighted by molar-refractivity contribution is 0.289. The van der Waals surface area contributed by atoms with Gasteiger partial charge in [0.1, 0.15) is 12.0 Å². The molecule has 2 nitrogen and oxygen atoms in total. The average molecular weight is 217 g/mol. The van der Waals surface area contributed by atoms with E-state index in [1.54, 1.807) is 6.26 Å². The zero-order valence-electron chi connectivity index (χ0n) is 9.69. The van der Waals surface area contributed by atoms with Gasteiger partial charge in [0, 0.05) is 19.3 Å². The monoisotopic (exact) mass is 217 g/mol. The van der Waals surface area contributed by atoms with Crippen molar-refractivity contribution in [1.29, 1.82) is 0 Å². The van der Waals surface area contributed by atoms with Gasteiger partial charge in [0.2, 0.25) is 0 Å². The van der Waals surface area contributed by atoms with Crippen molar-refractivity contribution < 1.29 is 4.74 Å². The number of hydrogen-bond acceptors (Lipinski definition) is 2. The van der Waals surface area contributed by atoms with E-state index in [0.29, 0.717) is 0 Å². The van der Waals surface area contributed by atoms with E-state index in [9.17, 15) is 0 Å². The predicted octanol–water partition coefficient (Wildman–Crippen LogP) is 3.36. The summed E-state index contributed by atoms with van der Waals surface area (Å²) in [7, 11) is 0. The van der Waals surface area contributed by atoms with Gasteiger partial charge in [-0.1, -0.05) is 18.2 Å². The van der Waals surface area contributed by atoms with E-state index in [1.165, 1.54) is 19.3 Å². The van der Waals surface area contributed by atoms with Gasteiger partial charge >= 0.3 is 0 Å². The Morgan fingerprint density at radius 3 is 2.69 bits per heavy atom. The number of ether oxygens (including phenoxy) is 1. The van der Waals surface area contributed by atoms with Gasteiger partial charge in [-0.05, 0) is 37.8 Å². The highest BCUT2D eigenvalue weighted by atomic mass is 16.5. The van der Waals surface area contributed by atoms with Crippen molar-refractivity contribution in [2.45, 2.75) is 25.7 Å². The van der Waals surface area contributed by atoms with Crippen LogP contribution in [-0.4, -0.2) is 18.0 Å². The van der Waals surface area contributed by atoms with Crippen LogP contribution in [0.4, 0.5) is 0 Å². The molecule has 0 atom stereocenters. The molecule has 0 aromatic rings. The quantitative estimate of drug-likeness (QED) is 0.672. The Morgan fingerprint density at radius 2 is 2.00 bits per heavy atom. The van der Waals surface area contributed by atoms with Crippen LogP contribution >= 0.6 is 0 Å². The lowest BCUT2D eigenvalue weighted by Crippen LogP contribution is -2.24. The van der Waals surface area contributed by atoms with Crippen molar-refractivity contribution in [3.63, 3.8) is 0 Å². The topological polar surface area (TPSA) is 12.5 Å². The summed E-state index contributed by atoms with van der Waals surface area (Å²) in [5, 5.41) is 0. The molecule has 0 saturated carbocycles. The van der Waals surface area contributed by atoms with Gasteiger partial charge in [-0.25, -0.2) is 0 Å². The molecular weight excluding hydrogens is 198 g/mol. The smallest absolute Gasteiger partial charge is 0.122 e. The molecule has 86 valence electrons. The Labute approximate surface area is 97.6 Å². The first-order valence-corrected chi connectivity index (χ1v) is 5.98. The molecule has 0 spiro atoms. The Kier molecular flexibility index (Phi) is 3.86. The van der Waals surface area contributed by atoms with Gasteiger partial charge in [0.25, 0.3) is 0 Å². The fraction of sp³-hybridized carbons (Fsp3) is 0.429. The summed E-state index contributed by atoms with van der Waals surface area (Å²) in [4.78, 5) is 2.32. The van der Waals surface area contributed by atoms with Crippen molar-refractivity contribution in [3.8, 4) is 0 Å². The third kappa shape index (κ3) is 3.30. The van der Waals surface area contributed by atoms with Gasteiger partial charge in [-0.2, -0.15) is 0 Å². The Balaban J connectivity index is 1.76. The van der Waals surface area contributed by atoms with Crippen LogP contribution < -0.4 is 0 Å². The van der Waals surface area contributed by atoms with Crippen LogP contribution in [0.15, 0.2) is 48.6 Å². The maximum Gasteiger partial charge on any atom is 0.122 e. The van der Waals surface area contributed by atoms with E-state index in [2.05, 4.69) is 23.8 Å². The first-order chi connectivity index (χ1) is 7.84. The first kappa shape index (κ1) is 11.1. The number of likely N-dealkylation sites (tertiary alicyclic amines) is 1. The fourth-order valence-electron chi connectivity index (χ4n) is 1.92. The highest BCUT2D eigenvalue weighted by Gasteiger charge is 2.05. The third-order valence-corrected chi connectivity index (χ3v) is 2.92. The van der Waals surface area contributed by atoms with Gasteiger partial charge in [-0.3, -0.25) is 0 Å². The summed E-state index contributed by atoms with van der Waals surface area (Å²) >= 11 is 0. The number of nitrogens with zero attached hydrogens (tertiary/aromatic N) is 1. The van der Waals surface area contributed by atoms with Crippen molar-refractivity contribution >= 4 is 0 Å². The summed E-state index contributed by atoms with van der Waals surface area (Å²) < 4.78 is 5.54. The fourth-order valence-corrected chi connectivity index (χ4v) is 1.92. The molecular formula is C14H19NO. The Morgan fingerprint density at radius 1 is 1.19 bits per heavy atom. The van der Waals surface area contributed by atoms with Gasteiger partial charge in [0.15, 0.2) is 0 Å². The van der Waals surface area contributed by atoms with Gasteiger partial charge in [-0.15, -0.1) is 0 Å². The van der Waals surface area contributed by atoms with Crippen LogP contribution in [-0.2, 0) is 4.74 Å². The highest BCUT2D eigenvalue weighted by molar-refractivity contribution is 5.30. The molecule has 1 aliphatic carbocycles. The maximum absolute atomic E-state index is 5.54. The summed E-state index contributed by atoms with van der Waals surface area (Å²) in [5.74, 6) is 0.917. The molecule has 0 N–H and O–H groups in total. The van der Waals surface area contributed by atoms with Crippen LogP contribution in [0.25, 0.3) is 0 Å². The molecule has 1 fully saturated rings. The molecule has 16 heavy (non-hydrogen) atoms. The predicted molar refractivity (Wildman–Crippen MR) is 66.6 cm³/mol. The molecule has 1 aliphatic heterocycles. The molecule has 0 aromatic heterocycles. The first-order valence-electron chi connectivity index (χ1n) is 5.98. The molecule has 0 aromatic carbocycles. The largest absolute Gasteiger partial charge is 0.464 e. The van der Waals surface area contributed by atoms with E-state index in [-0.39, 0.29) is 0 Å². The summed E-state index contributed by atoms with van der Waals surface area (Å²) in [6.07, 6.45) is 14.7. The maximum atomic E-state index is 5.54. The minimum Gasteiger partial charge on any atom is -0.464 e. The highest BCUT2D eigenvalue weighted by Crippen LogP contribution is 2.15. The lowest BCUT2D eigenvalue weighted by Gasteiger charge is -2.24. The van der Waals surface area contributed by atoms with Crippen LogP contribution in [0.5, 0.6) is 0 Å². The molecule has 1 saturated heterocycles. The number of allylic oxidation sites excluding steroid dienone is 4. The molecule has 0 unspecified atom stereocenters. The van der Waals surface area contributed by atoms with Crippen LogP contribution in [0, 0.1) is 0 Å². The van der Waals surface area contributed by atoms with E-state index >= 15 is 0 Å². The second kappa shape index (κ2) is 5.59. The normalized spacial score (nSPS) is 21.4. The molecule has 2 rings (SSSR count). The molecule has 1 heterocycles. The zero-order valence-corrected chi connectivity index (χ0v) is 9.69. The summed E-state index contributed by atoms with van der Waals surface area (Å²) in [6, 6.07) is 0. The van der Waals surface area contributed by atoms with Gasteiger partial charge in [0.05, 0.1) is 0 Å². The van der Waals surface area contributed by atoms with E-state index in [4.69, 9.17) is 4.74 Å². The average Bonchev–Trinajstić information content (AvgIpc) is 2.33. The Bertz CT molecular complexity index is 333. The van der Waals surface area contributed by atoms with Crippen molar-refractivity contribution in [3.05, 3.63) is 48.6 Å². The van der Waals surface area contributed by atoms with Crippen molar-refractivity contribution in [1.82, 2.24) is 4.90 Å². The van der Waals surface area contributed by atoms with E-state index < -0.39 is 0 Å². The molecule has 2 heteroatoms. The standard InChI is InChI=1S/C14H19NO/c1-13-5-7-14(8-6-13)16-12-11-15-9-3-2-4-10-15/h5,7-8,11-12H,1-4,6,9-10H2/b12-11+. The minimum absolute atomic E-state index is 0.892. The molecule has 0 bridgehead atoms. The lowest BCUT2D eigenvalue weighted by atomic mass is 10.1. The van der Waals surface area contributed by atoms with Crippen molar-refractivity contribution in [2.75, 3.05) is 13.1 Å². The second-order valence-corrected chi connectivity index (χ2v) is 4.30. The van der Waals surface area contributed by atoms with Crippen LogP contribution in [0.1, 0.15) is 25.7 Å². The zero-order chi connectivity index (χ0) is 11.2. The molecule has 0 amide bonds. The van der Waals surface area contributed by atoms with E-state index in [0.717, 1.165) is 30.8 Å². The molecule has 0 radical (unpaired) electrons. The number of rotatable bonds is 3. The van der Waals surface area contributed by atoms with E-state index in [1.807, 2.05) is 12.2 Å². The third-order valence-electron chi connectivity index (χ3n) is 2.92. The SMILES string of the molecule is C=C1C=CC(O/C=C/N2CCCCC2)=CC1. The molecule has 2 aliphatic rings. The van der Waals surface area contributed by atoms with Crippen molar-refractivity contribution in [2.24, 2.45) is 0 Å².